The van der Waals surface area contributed by atoms with Crippen molar-refractivity contribution < 1.29 is 14.3 Å². The first-order valence-electron chi connectivity index (χ1n) is 6.93. The van der Waals surface area contributed by atoms with Gasteiger partial charge in [-0.2, -0.15) is 0 Å². The van der Waals surface area contributed by atoms with Crippen LogP contribution in [0.5, 0.6) is 0 Å². The molecule has 0 spiro atoms. The number of hydrogen-bond acceptors (Lipinski definition) is 3. The van der Waals surface area contributed by atoms with Crippen molar-refractivity contribution in [3.05, 3.63) is 58.9 Å². The van der Waals surface area contributed by atoms with Crippen LogP contribution in [0.2, 0.25) is 5.02 Å². The minimum atomic E-state index is -0.440. The smallest absolute Gasteiger partial charge is 0.325 e. The number of benzene rings is 1. The van der Waals surface area contributed by atoms with Crippen molar-refractivity contribution in [2.45, 2.75) is 13.5 Å². The fourth-order valence-corrected chi connectivity index (χ4v) is 2.19. The zero-order valence-electron chi connectivity index (χ0n) is 12.2. The number of aromatic amines is 1. The van der Waals surface area contributed by atoms with Gasteiger partial charge in [-0.3, -0.25) is 9.59 Å². The molecule has 2 aromatic rings. The Hall–Kier alpha value is -2.27. The Morgan fingerprint density at radius 3 is 2.59 bits per heavy atom. The van der Waals surface area contributed by atoms with E-state index >= 15 is 0 Å². The predicted molar refractivity (Wildman–Crippen MR) is 83.6 cm³/mol. The van der Waals surface area contributed by atoms with Gasteiger partial charge in [0.2, 0.25) is 0 Å². The predicted octanol–water partition coefficient (Wildman–Crippen LogP) is 2.87. The Bertz CT molecular complexity index is 640. The Kier molecular flexibility index (Phi) is 5.61. The van der Waals surface area contributed by atoms with Crippen molar-refractivity contribution >= 4 is 23.5 Å². The van der Waals surface area contributed by atoms with Crippen molar-refractivity contribution in [2.75, 3.05) is 13.2 Å². The molecule has 1 heterocycles. The fraction of sp³-hybridized carbons (Fsp3) is 0.250. The molecule has 0 atom stereocenters. The van der Waals surface area contributed by atoms with Gasteiger partial charge in [-0.25, -0.2) is 0 Å². The van der Waals surface area contributed by atoms with Crippen LogP contribution in [0, 0.1) is 0 Å². The molecule has 6 heteroatoms. The second-order valence-electron chi connectivity index (χ2n) is 4.68. The van der Waals surface area contributed by atoms with Gasteiger partial charge in [0.1, 0.15) is 12.2 Å². The van der Waals surface area contributed by atoms with E-state index in [-0.39, 0.29) is 19.1 Å². The van der Waals surface area contributed by atoms with E-state index in [1.807, 2.05) is 30.3 Å². The maximum atomic E-state index is 12.5. The average Bonchev–Trinajstić information content (AvgIpc) is 2.94. The molecule has 0 fully saturated rings. The Morgan fingerprint density at radius 1 is 1.27 bits per heavy atom. The van der Waals surface area contributed by atoms with Crippen molar-refractivity contribution in [2.24, 2.45) is 0 Å². The number of aromatic nitrogens is 1. The molecule has 0 bridgehead atoms. The molecule has 0 aliphatic rings. The molecule has 1 aromatic carbocycles. The monoisotopic (exact) mass is 320 g/mol. The zero-order valence-corrected chi connectivity index (χ0v) is 13.0. The van der Waals surface area contributed by atoms with Crippen LogP contribution >= 0.6 is 11.6 Å². The molecule has 1 N–H and O–H groups in total. The standard InChI is InChI=1S/C16H17ClN2O3/c1-2-22-15(20)11-19(10-12-6-4-3-5-7-12)16(21)14-8-13(17)9-18-14/h3-9,18H,2,10-11H2,1H3. The molecule has 0 saturated carbocycles. The van der Waals surface area contributed by atoms with Crippen molar-refractivity contribution in [3.63, 3.8) is 0 Å². The number of nitrogens with zero attached hydrogens (tertiary/aromatic N) is 1. The van der Waals surface area contributed by atoms with Gasteiger partial charge in [0.25, 0.3) is 5.91 Å². The highest BCUT2D eigenvalue weighted by atomic mass is 35.5. The van der Waals surface area contributed by atoms with Crippen LogP contribution in [0.15, 0.2) is 42.6 Å². The third kappa shape index (κ3) is 4.36. The molecule has 116 valence electrons. The lowest BCUT2D eigenvalue weighted by Crippen LogP contribution is -2.36. The van der Waals surface area contributed by atoms with Crippen LogP contribution in [0.1, 0.15) is 23.0 Å². The summed E-state index contributed by atoms with van der Waals surface area (Å²) < 4.78 is 4.93. The molecule has 0 radical (unpaired) electrons. The number of ether oxygens (including phenoxy) is 1. The highest BCUT2D eigenvalue weighted by Crippen LogP contribution is 2.14. The van der Waals surface area contributed by atoms with E-state index in [0.29, 0.717) is 17.3 Å². The number of hydrogen-bond donors (Lipinski definition) is 1. The molecular formula is C16H17ClN2O3. The maximum Gasteiger partial charge on any atom is 0.325 e. The highest BCUT2D eigenvalue weighted by Gasteiger charge is 2.21. The SMILES string of the molecule is CCOC(=O)CN(Cc1ccccc1)C(=O)c1cc(Cl)c[nH]1. The van der Waals surface area contributed by atoms with E-state index in [0.717, 1.165) is 5.56 Å². The van der Waals surface area contributed by atoms with Crippen LogP contribution in [0.25, 0.3) is 0 Å². The van der Waals surface area contributed by atoms with Crippen molar-refractivity contribution in [1.82, 2.24) is 9.88 Å². The van der Waals surface area contributed by atoms with Crippen LogP contribution in [-0.4, -0.2) is 34.9 Å². The number of nitrogens with one attached hydrogen (secondary N) is 1. The molecule has 0 saturated heterocycles. The Balaban J connectivity index is 2.16. The summed E-state index contributed by atoms with van der Waals surface area (Å²) in [4.78, 5) is 28.5. The maximum absolute atomic E-state index is 12.5. The van der Waals surface area contributed by atoms with Gasteiger partial charge in [-0.05, 0) is 18.6 Å². The number of carbonyl (C=O) groups excluding carboxylic acids is 2. The molecule has 0 aliphatic heterocycles. The molecule has 1 amide bonds. The number of amides is 1. The Morgan fingerprint density at radius 2 is 2.00 bits per heavy atom. The molecule has 0 aliphatic carbocycles. The molecule has 2 rings (SSSR count). The van der Waals surface area contributed by atoms with E-state index in [1.54, 1.807) is 6.92 Å². The van der Waals surface area contributed by atoms with Gasteiger partial charge in [-0.15, -0.1) is 0 Å². The lowest BCUT2D eigenvalue weighted by Gasteiger charge is -2.21. The first-order valence-corrected chi connectivity index (χ1v) is 7.30. The minimum Gasteiger partial charge on any atom is -0.465 e. The molecule has 5 nitrogen and oxygen atoms in total. The summed E-state index contributed by atoms with van der Waals surface area (Å²) in [7, 11) is 0. The van der Waals surface area contributed by atoms with E-state index < -0.39 is 5.97 Å². The van der Waals surface area contributed by atoms with Crippen LogP contribution in [-0.2, 0) is 16.1 Å². The lowest BCUT2D eigenvalue weighted by atomic mass is 10.2. The van der Waals surface area contributed by atoms with Gasteiger partial charge >= 0.3 is 5.97 Å². The number of halogens is 1. The summed E-state index contributed by atoms with van der Waals surface area (Å²) in [6.07, 6.45) is 1.53. The van der Waals surface area contributed by atoms with Gasteiger partial charge in [0.05, 0.1) is 11.6 Å². The second kappa shape index (κ2) is 7.66. The van der Waals surface area contributed by atoms with Gasteiger partial charge < -0.3 is 14.6 Å². The van der Waals surface area contributed by atoms with E-state index in [4.69, 9.17) is 16.3 Å². The van der Waals surface area contributed by atoms with E-state index in [2.05, 4.69) is 4.98 Å². The van der Waals surface area contributed by atoms with E-state index in [9.17, 15) is 9.59 Å². The van der Waals surface area contributed by atoms with Crippen molar-refractivity contribution in [1.29, 1.82) is 0 Å². The van der Waals surface area contributed by atoms with Crippen LogP contribution in [0.3, 0.4) is 0 Å². The second-order valence-corrected chi connectivity index (χ2v) is 5.12. The number of esters is 1. The normalized spacial score (nSPS) is 10.3. The first kappa shape index (κ1) is 16.1. The topological polar surface area (TPSA) is 62.4 Å². The zero-order chi connectivity index (χ0) is 15.9. The van der Waals surface area contributed by atoms with E-state index in [1.165, 1.54) is 17.2 Å². The summed E-state index contributed by atoms with van der Waals surface area (Å²) in [5.74, 6) is -0.742. The van der Waals surface area contributed by atoms with Crippen LogP contribution in [0.4, 0.5) is 0 Å². The number of rotatable bonds is 6. The first-order chi connectivity index (χ1) is 10.6. The summed E-state index contributed by atoms with van der Waals surface area (Å²) in [5, 5.41) is 0.444. The van der Waals surface area contributed by atoms with Gasteiger partial charge in [-0.1, -0.05) is 41.9 Å². The number of carbonyl (C=O) groups is 2. The fourth-order valence-electron chi connectivity index (χ4n) is 2.03. The largest absolute Gasteiger partial charge is 0.465 e. The summed E-state index contributed by atoms with van der Waals surface area (Å²) in [6, 6.07) is 11.0. The van der Waals surface area contributed by atoms with Gasteiger partial charge in [0, 0.05) is 12.7 Å². The molecule has 1 aromatic heterocycles. The summed E-state index contributed by atoms with van der Waals surface area (Å²) >= 11 is 5.83. The average molecular weight is 321 g/mol. The third-order valence-electron chi connectivity index (χ3n) is 3.01. The number of H-pyrrole nitrogens is 1. The third-order valence-corrected chi connectivity index (χ3v) is 3.23. The Labute approximate surface area is 133 Å². The van der Waals surface area contributed by atoms with Crippen LogP contribution < -0.4 is 0 Å². The van der Waals surface area contributed by atoms with Gasteiger partial charge in [0.15, 0.2) is 0 Å². The summed E-state index contributed by atoms with van der Waals surface area (Å²) in [5.41, 5.74) is 1.27. The summed E-state index contributed by atoms with van der Waals surface area (Å²) in [6.45, 7) is 2.21. The molecule has 22 heavy (non-hydrogen) atoms. The quantitative estimate of drug-likeness (QED) is 0.832. The lowest BCUT2D eigenvalue weighted by molar-refractivity contribution is -0.143. The molecular weight excluding hydrogens is 304 g/mol. The molecule has 0 unspecified atom stereocenters. The highest BCUT2D eigenvalue weighted by molar-refractivity contribution is 6.30. The minimum absolute atomic E-state index is 0.113. The van der Waals surface area contributed by atoms with Crippen molar-refractivity contribution in [3.8, 4) is 0 Å².